The van der Waals surface area contributed by atoms with E-state index in [2.05, 4.69) is 0 Å². The number of carboxylic acids is 1. The molecule has 1 rings (SSSR count). The normalized spacial score (nSPS) is 10.2. The fourth-order valence-electron chi connectivity index (χ4n) is 0.732. The van der Waals surface area contributed by atoms with Gasteiger partial charge in [0.15, 0.2) is 0 Å². The van der Waals surface area contributed by atoms with Crippen molar-refractivity contribution in [1.82, 2.24) is 0 Å². The number of benzene rings is 1. The minimum Gasteiger partial charge on any atom is -0.478 e. The molecule has 0 aromatic heterocycles. The van der Waals surface area contributed by atoms with Crippen LogP contribution in [-0.2, 0) is 4.79 Å². The molecule has 0 unspecified atom stereocenters. The molecule has 0 atom stereocenters. The van der Waals surface area contributed by atoms with E-state index in [9.17, 15) is 4.79 Å². The van der Waals surface area contributed by atoms with Gasteiger partial charge in [0.1, 0.15) is 0 Å². The first-order valence-electron chi connectivity index (χ1n) is 3.25. The Kier molecular flexibility index (Phi) is 2.44. The van der Waals surface area contributed by atoms with Crippen LogP contribution >= 0.6 is 0 Å². The van der Waals surface area contributed by atoms with E-state index >= 15 is 0 Å². The maximum Gasteiger partial charge on any atom is 0.328 e. The van der Waals surface area contributed by atoms with E-state index in [-0.39, 0.29) is 0 Å². The van der Waals surface area contributed by atoms with Crippen LogP contribution in [0, 0.1) is 0 Å². The van der Waals surface area contributed by atoms with Gasteiger partial charge in [-0.15, -0.1) is 0 Å². The Balaban J connectivity index is 2.72. The monoisotopic (exact) mass is 151 g/mol. The van der Waals surface area contributed by atoms with Crippen LogP contribution < -0.4 is 0 Å². The molecule has 1 N–H and O–H groups in total. The third kappa shape index (κ3) is 2.67. The summed E-state index contributed by atoms with van der Waals surface area (Å²) in [6.45, 7) is 0. The largest absolute Gasteiger partial charge is 0.478 e. The topological polar surface area (TPSA) is 37.3 Å². The fourth-order valence-corrected chi connectivity index (χ4v) is 0.732. The molecule has 0 aliphatic rings. The summed E-state index contributed by atoms with van der Waals surface area (Å²) in [7, 11) is 0. The second-order valence-corrected chi connectivity index (χ2v) is 2.08. The zero-order chi connectivity index (χ0) is 8.10. The van der Waals surface area contributed by atoms with Gasteiger partial charge < -0.3 is 5.11 Å². The molecule has 0 bridgehead atoms. The molecule has 1 aromatic rings. The van der Waals surface area contributed by atoms with Crippen LogP contribution in [-0.4, -0.2) is 11.1 Å². The summed E-state index contributed by atoms with van der Waals surface area (Å²) in [5.41, 5.74) is 0.898. The molecule has 0 aliphatic carbocycles. The third-order valence-electron chi connectivity index (χ3n) is 1.22. The van der Waals surface area contributed by atoms with Crippen molar-refractivity contribution in [3.05, 3.63) is 42.0 Å². The smallest absolute Gasteiger partial charge is 0.328 e. The average Bonchev–Trinajstić information content (AvgIpc) is 2.03. The first kappa shape index (κ1) is 7.54. The van der Waals surface area contributed by atoms with Crippen molar-refractivity contribution < 1.29 is 9.90 Å². The van der Waals surface area contributed by atoms with Gasteiger partial charge in [-0.25, -0.2) is 4.79 Å². The quantitative estimate of drug-likeness (QED) is 0.516. The third-order valence-corrected chi connectivity index (χ3v) is 1.22. The van der Waals surface area contributed by atoms with E-state index in [1.807, 2.05) is 30.3 Å². The summed E-state index contributed by atoms with van der Waals surface area (Å²) < 4.78 is 0. The van der Waals surface area contributed by atoms with Gasteiger partial charge in [0.2, 0.25) is 0 Å². The van der Waals surface area contributed by atoms with Crippen molar-refractivity contribution in [2.75, 3.05) is 0 Å². The van der Waals surface area contributed by atoms with Crippen LogP contribution in [0.5, 0.6) is 0 Å². The van der Waals surface area contributed by atoms with Crippen molar-refractivity contribution in [3.8, 4) is 0 Å². The molecule has 2 heteroatoms. The van der Waals surface area contributed by atoms with Crippen LogP contribution in [0.25, 0.3) is 6.08 Å². The molecule has 0 aliphatic heterocycles. The van der Waals surface area contributed by atoms with Gasteiger partial charge in [-0.3, -0.25) is 0 Å². The lowest BCUT2D eigenvalue weighted by Gasteiger charge is -1.87. The number of carboxylic acid groups (broad SMARTS) is 1. The van der Waals surface area contributed by atoms with Gasteiger partial charge in [-0.05, 0) is 11.6 Å². The van der Waals surface area contributed by atoms with Gasteiger partial charge in [0.05, 0.1) is 0 Å². The lowest BCUT2D eigenvalue weighted by Crippen LogP contribution is -1.85. The second kappa shape index (κ2) is 3.56. The van der Waals surface area contributed by atoms with Gasteiger partial charge in [0, 0.05) is 6.08 Å². The molecule has 0 heterocycles. The zero-order valence-corrected chi connectivity index (χ0v) is 5.90. The summed E-state index contributed by atoms with van der Waals surface area (Å²) in [5.74, 6) is -0.922. The maximum atomic E-state index is 10.1. The molecule has 0 saturated carbocycles. The first-order chi connectivity index (χ1) is 5.29. The molecule has 0 radical (unpaired) electrons. The Morgan fingerprint density at radius 1 is 1.27 bits per heavy atom. The summed E-state index contributed by atoms with van der Waals surface area (Å²) >= 11 is 0. The van der Waals surface area contributed by atoms with E-state index in [0.717, 1.165) is 11.6 Å². The van der Waals surface area contributed by atoms with Crippen molar-refractivity contribution in [3.63, 3.8) is 0 Å². The number of rotatable bonds is 2. The highest BCUT2D eigenvalue weighted by molar-refractivity contribution is 5.85. The van der Waals surface area contributed by atoms with Gasteiger partial charge in [-0.1, -0.05) is 30.3 Å². The molecule has 0 saturated heterocycles. The lowest BCUT2D eigenvalue weighted by molar-refractivity contribution is -0.131. The Morgan fingerprint density at radius 2 is 1.91 bits per heavy atom. The van der Waals surface area contributed by atoms with Crippen molar-refractivity contribution in [2.45, 2.75) is 0 Å². The predicted octanol–water partition coefficient (Wildman–Crippen LogP) is 1.78. The molecule has 2 nitrogen and oxygen atoms in total. The molecule has 1 aromatic carbocycles. The first-order valence-corrected chi connectivity index (χ1v) is 3.25. The molecular formula is C9H8O2. The molecule has 11 heavy (non-hydrogen) atoms. The van der Waals surface area contributed by atoms with E-state index < -0.39 is 5.97 Å². The number of aliphatic carboxylic acids is 1. The Bertz CT molecular complexity index is 262. The van der Waals surface area contributed by atoms with E-state index in [1.165, 1.54) is 0 Å². The van der Waals surface area contributed by atoms with E-state index in [1.54, 1.807) is 6.08 Å². The number of hydrogen-bond acceptors (Lipinski definition) is 1. The van der Waals surface area contributed by atoms with Gasteiger partial charge >= 0.3 is 5.97 Å². The minimum absolute atomic E-state index is 0.898. The molecule has 56 valence electrons. The highest BCUT2D eigenvalue weighted by Crippen LogP contribution is 1.99. The zero-order valence-electron chi connectivity index (χ0n) is 5.90. The standard InChI is InChI=1S/C9H8O2/c10-9(11)7-6-8-4-2-1-3-5-8/h1-7H,(H,10,11)/i6+1,7+1,9+1. The van der Waals surface area contributed by atoms with Crippen LogP contribution in [0.1, 0.15) is 5.56 Å². The number of hydrogen-bond donors (Lipinski definition) is 1. The molecule has 0 spiro atoms. The lowest BCUT2D eigenvalue weighted by atomic mass is 10.3. The van der Waals surface area contributed by atoms with Crippen LogP contribution in [0.4, 0.5) is 0 Å². The van der Waals surface area contributed by atoms with Crippen molar-refractivity contribution >= 4 is 12.0 Å². The highest BCUT2D eigenvalue weighted by atomic mass is 16.5. The SMILES string of the molecule is O=[13C](O)[13CH]=[13CH]c1ccccc1. The summed E-state index contributed by atoms with van der Waals surface area (Å²) in [5, 5.41) is 8.29. The van der Waals surface area contributed by atoms with E-state index in [0.29, 0.717) is 0 Å². The molecule has 0 amide bonds. The summed E-state index contributed by atoms with van der Waals surface area (Å²) in [6, 6.07) is 9.31. The fraction of sp³-hybridized carbons (Fsp3) is 0. The Hall–Kier alpha value is -1.57. The van der Waals surface area contributed by atoms with Crippen LogP contribution in [0.15, 0.2) is 36.4 Å². The average molecular weight is 151 g/mol. The highest BCUT2D eigenvalue weighted by Gasteiger charge is 1.85. The van der Waals surface area contributed by atoms with Gasteiger partial charge in [-0.2, -0.15) is 0 Å². The van der Waals surface area contributed by atoms with Gasteiger partial charge in [0.25, 0.3) is 0 Å². The Morgan fingerprint density at radius 3 is 2.45 bits per heavy atom. The second-order valence-electron chi connectivity index (χ2n) is 2.08. The predicted molar refractivity (Wildman–Crippen MR) is 43.1 cm³/mol. The Labute approximate surface area is 64.8 Å². The van der Waals surface area contributed by atoms with Crippen molar-refractivity contribution in [1.29, 1.82) is 0 Å². The van der Waals surface area contributed by atoms with E-state index in [4.69, 9.17) is 5.11 Å². The van der Waals surface area contributed by atoms with Crippen LogP contribution in [0.3, 0.4) is 0 Å². The van der Waals surface area contributed by atoms with Crippen molar-refractivity contribution in [2.24, 2.45) is 0 Å². The maximum absolute atomic E-state index is 10.1. The minimum atomic E-state index is -0.922. The number of carbonyl (C=O) groups is 1. The molecule has 0 fully saturated rings. The molecular weight excluding hydrogens is 143 g/mol. The summed E-state index contributed by atoms with van der Waals surface area (Å²) in [6.07, 6.45) is 2.68. The summed E-state index contributed by atoms with van der Waals surface area (Å²) in [4.78, 5) is 10.1. The van der Waals surface area contributed by atoms with Crippen LogP contribution in [0.2, 0.25) is 0 Å².